The summed E-state index contributed by atoms with van der Waals surface area (Å²) in [6, 6.07) is 0. The molecule has 120 valence electrons. The molecule has 0 aliphatic heterocycles. The summed E-state index contributed by atoms with van der Waals surface area (Å²) in [6.07, 6.45) is 3.64. The Morgan fingerprint density at radius 2 is 1.29 bits per heavy atom. The van der Waals surface area contributed by atoms with Crippen LogP contribution in [0.5, 0.6) is 0 Å². The summed E-state index contributed by atoms with van der Waals surface area (Å²) in [5.41, 5.74) is 0.0196. The highest BCUT2D eigenvalue weighted by molar-refractivity contribution is 5.84. The average Bonchev–Trinajstić information content (AvgIpc) is 2.88. The minimum absolute atomic E-state index is 0.0196. The van der Waals surface area contributed by atoms with Crippen LogP contribution in [0.2, 0.25) is 0 Å². The Bertz CT molecular complexity index is 366. The van der Waals surface area contributed by atoms with Gasteiger partial charge in [-0.1, -0.05) is 27.7 Å². The van der Waals surface area contributed by atoms with E-state index in [4.69, 9.17) is 9.47 Å². The molecule has 2 rings (SSSR count). The van der Waals surface area contributed by atoms with Gasteiger partial charge >= 0.3 is 11.9 Å². The van der Waals surface area contributed by atoms with E-state index in [1.807, 2.05) is 13.8 Å². The molecule has 2 fully saturated rings. The zero-order chi connectivity index (χ0) is 15.6. The SMILES string of the molecule is CCCOC(=O)C1C(C(=O)OCCC)C2CCC1C2(C)C. The maximum Gasteiger partial charge on any atom is 0.310 e. The predicted octanol–water partition coefficient (Wildman–Crippen LogP) is 3.19. The molecule has 2 aliphatic rings. The van der Waals surface area contributed by atoms with Crippen molar-refractivity contribution in [2.24, 2.45) is 29.1 Å². The minimum Gasteiger partial charge on any atom is -0.465 e. The van der Waals surface area contributed by atoms with Crippen molar-refractivity contribution in [1.82, 2.24) is 0 Å². The molecule has 0 spiro atoms. The summed E-state index contributed by atoms with van der Waals surface area (Å²) in [5.74, 6) is -0.535. The minimum atomic E-state index is -0.311. The molecule has 0 saturated heterocycles. The van der Waals surface area contributed by atoms with Gasteiger partial charge < -0.3 is 9.47 Å². The largest absolute Gasteiger partial charge is 0.465 e. The molecule has 4 nitrogen and oxygen atoms in total. The summed E-state index contributed by atoms with van der Waals surface area (Å²) in [5, 5.41) is 0. The maximum absolute atomic E-state index is 12.4. The van der Waals surface area contributed by atoms with E-state index in [-0.39, 0.29) is 41.0 Å². The second-order valence-electron chi connectivity index (χ2n) is 7.00. The molecule has 0 aromatic heterocycles. The van der Waals surface area contributed by atoms with Gasteiger partial charge in [0.2, 0.25) is 0 Å². The number of hydrogen-bond acceptors (Lipinski definition) is 4. The van der Waals surface area contributed by atoms with Crippen molar-refractivity contribution >= 4 is 11.9 Å². The fourth-order valence-corrected chi connectivity index (χ4v) is 4.38. The summed E-state index contributed by atoms with van der Waals surface area (Å²) in [7, 11) is 0. The number of carbonyl (C=O) groups excluding carboxylic acids is 2. The zero-order valence-electron chi connectivity index (χ0n) is 13.7. The predicted molar refractivity (Wildman–Crippen MR) is 79.5 cm³/mol. The van der Waals surface area contributed by atoms with E-state index in [0.717, 1.165) is 25.7 Å². The van der Waals surface area contributed by atoms with Gasteiger partial charge in [0.05, 0.1) is 25.0 Å². The lowest BCUT2D eigenvalue weighted by atomic mass is 9.79. The molecule has 0 aromatic rings. The van der Waals surface area contributed by atoms with Crippen LogP contribution in [0.4, 0.5) is 0 Å². The molecule has 21 heavy (non-hydrogen) atoms. The van der Waals surface area contributed by atoms with Crippen LogP contribution in [0.15, 0.2) is 0 Å². The average molecular weight is 296 g/mol. The molecule has 4 atom stereocenters. The van der Waals surface area contributed by atoms with Gasteiger partial charge in [0, 0.05) is 0 Å². The Kier molecular flexibility index (Phi) is 4.95. The highest BCUT2D eigenvalue weighted by atomic mass is 16.5. The van der Waals surface area contributed by atoms with Gasteiger partial charge in [-0.2, -0.15) is 0 Å². The van der Waals surface area contributed by atoms with Crippen molar-refractivity contribution in [2.45, 2.75) is 53.4 Å². The van der Waals surface area contributed by atoms with E-state index in [0.29, 0.717) is 13.2 Å². The topological polar surface area (TPSA) is 52.6 Å². The molecule has 2 saturated carbocycles. The lowest BCUT2D eigenvalue weighted by Gasteiger charge is -2.27. The van der Waals surface area contributed by atoms with Gasteiger partial charge in [0.1, 0.15) is 0 Å². The monoisotopic (exact) mass is 296 g/mol. The van der Waals surface area contributed by atoms with Gasteiger partial charge in [0.15, 0.2) is 0 Å². The summed E-state index contributed by atoms with van der Waals surface area (Å²) >= 11 is 0. The van der Waals surface area contributed by atoms with Crippen molar-refractivity contribution in [3.63, 3.8) is 0 Å². The number of esters is 2. The Hall–Kier alpha value is -1.06. The lowest BCUT2D eigenvalue weighted by Crippen LogP contribution is -2.37. The van der Waals surface area contributed by atoms with Crippen molar-refractivity contribution in [1.29, 1.82) is 0 Å². The van der Waals surface area contributed by atoms with Gasteiger partial charge in [-0.05, 0) is 42.9 Å². The molecule has 4 unspecified atom stereocenters. The quantitative estimate of drug-likeness (QED) is 0.706. The van der Waals surface area contributed by atoms with Crippen molar-refractivity contribution < 1.29 is 19.1 Å². The molecule has 0 aromatic carbocycles. The van der Waals surface area contributed by atoms with Crippen LogP contribution in [0, 0.1) is 29.1 Å². The Labute approximate surface area is 127 Å². The Morgan fingerprint density at radius 3 is 1.62 bits per heavy atom. The molecule has 2 bridgehead atoms. The van der Waals surface area contributed by atoms with Crippen LogP contribution >= 0.6 is 0 Å². The van der Waals surface area contributed by atoms with E-state index in [1.165, 1.54) is 0 Å². The van der Waals surface area contributed by atoms with Crippen LogP contribution in [-0.2, 0) is 19.1 Å². The molecule has 0 radical (unpaired) electrons. The van der Waals surface area contributed by atoms with Gasteiger partial charge in [-0.3, -0.25) is 9.59 Å². The standard InChI is InChI=1S/C17H28O4/c1-5-9-20-15(18)13-11-7-8-12(17(11,3)4)14(13)16(19)21-10-6-2/h11-14H,5-10H2,1-4H3. The van der Waals surface area contributed by atoms with Gasteiger partial charge in [-0.15, -0.1) is 0 Å². The van der Waals surface area contributed by atoms with E-state index in [2.05, 4.69) is 13.8 Å². The fraction of sp³-hybridized carbons (Fsp3) is 0.882. The Balaban J connectivity index is 2.18. The van der Waals surface area contributed by atoms with Crippen molar-refractivity contribution in [3.8, 4) is 0 Å². The zero-order valence-corrected chi connectivity index (χ0v) is 13.7. The molecule has 2 aliphatic carbocycles. The summed E-state index contributed by atoms with van der Waals surface area (Å²) < 4.78 is 10.7. The van der Waals surface area contributed by atoms with Crippen LogP contribution in [0.3, 0.4) is 0 Å². The first-order valence-corrected chi connectivity index (χ1v) is 8.28. The van der Waals surface area contributed by atoms with Gasteiger partial charge in [-0.25, -0.2) is 0 Å². The first-order chi connectivity index (χ1) is 9.95. The highest BCUT2D eigenvalue weighted by Crippen LogP contribution is 2.63. The van der Waals surface area contributed by atoms with Crippen molar-refractivity contribution in [2.75, 3.05) is 13.2 Å². The Morgan fingerprint density at radius 1 is 0.905 bits per heavy atom. The van der Waals surface area contributed by atoms with Crippen LogP contribution < -0.4 is 0 Å². The van der Waals surface area contributed by atoms with E-state index < -0.39 is 0 Å². The van der Waals surface area contributed by atoms with Gasteiger partial charge in [0.25, 0.3) is 0 Å². The number of rotatable bonds is 6. The molecule has 0 N–H and O–H groups in total. The third-order valence-electron chi connectivity index (χ3n) is 5.40. The van der Waals surface area contributed by atoms with E-state index in [9.17, 15) is 9.59 Å². The van der Waals surface area contributed by atoms with E-state index >= 15 is 0 Å². The lowest BCUT2D eigenvalue weighted by molar-refractivity contribution is -0.163. The molecule has 0 heterocycles. The number of hydrogen-bond donors (Lipinski definition) is 0. The second kappa shape index (κ2) is 6.37. The normalized spacial score (nSPS) is 33.0. The fourth-order valence-electron chi connectivity index (χ4n) is 4.38. The van der Waals surface area contributed by atoms with Crippen LogP contribution in [0.25, 0.3) is 0 Å². The van der Waals surface area contributed by atoms with E-state index in [1.54, 1.807) is 0 Å². The number of fused-ring (bicyclic) bond motifs is 2. The number of ether oxygens (including phenoxy) is 2. The molecular weight excluding hydrogens is 268 g/mol. The third kappa shape index (κ3) is 2.82. The summed E-state index contributed by atoms with van der Waals surface area (Å²) in [4.78, 5) is 24.9. The first-order valence-electron chi connectivity index (χ1n) is 8.28. The van der Waals surface area contributed by atoms with Crippen molar-refractivity contribution in [3.05, 3.63) is 0 Å². The number of carbonyl (C=O) groups is 2. The highest BCUT2D eigenvalue weighted by Gasteiger charge is 2.64. The summed E-state index contributed by atoms with van der Waals surface area (Å²) in [6.45, 7) is 9.19. The molecular formula is C17H28O4. The maximum atomic E-state index is 12.4. The molecule has 4 heteroatoms. The first kappa shape index (κ1) is 16.3. The second-order valence-corrected chi connectivity index (χ2v) is 7.00. The molecule has 0 amide bonds. The smallest absolute Gasteiger partial charge is 0.310 e. The van der Waals surface area contributed by atoms with Crippen LogP contribution in [-0.4, -0.2) is 25.2 Å². The van der Waals surface area contributed by atoms with Crippen LogP contribution in [0.1, 0.15) is 53.4 Å². The third-order valence-corrected chi connectivity index (χ3v) is 5.40.